The summed E-state index contributed by atoms with van der Waals surface area (Å²) in [4.78, 5) is 18.4. The van der Waals surface area contributed by atoms with Crippen molar-refractivity contribution in [2.45, 2.75) is 16.2 Å². The highest BCUT2D eigenvalue weighted by Gasteiger charge is 2.04. The van der Waals surface area contributed by atoms with Gasteiger partial charge in [-0.05, 0) is 29.8 Å². The quantitative estimate of drug-likeness (QED) is 0.618. The predicted molar refractivity (Wildman–Crippen MR) is 95.6 cm³/mol. The van der Waals surface area contributed by atoms with Crippen LogP contribution < -0.4 is 5.56 Å². The Morgan fingerprint density at radius 1 is 0.958 bits per heavy atom. The van der Waals surface area contributed by atoms with Crippen molar-refractivity contribution < 1.29 is 0 Å². The van der Waals surface area contributed by atoms with Crippen LogP contribution >= 0.6 is 11.8 Å². The Hall–Kier alpha value is -2.79. The average Bonchev–Trinajstić information content (AvgIpc) is 3.02. The zero-order valence-corrected chi connectivity index (χ0v) is 13.7. The molecule has 0 aliphatic heterocycles. The third-order valence-corrected chi connectivity index (χ3v) is 4.74. The lowest BCUT2D eigenvalue weighted by Gasteiger charge is -2.03. The van der Waals surface area contributed by atoms with Crippen molar-refractivity contribution in [3.8, 4) is 0 Å². The number of fused-ring (bicyclic) bond motifs is 1. The maximum atomic E-state index is 11.8. The Labute approximate surface area is 143 Å². The Bertz CT molecular complexity index is 1020. The first kappa shape index (κ1) is 14.8. The van der Waals surface area contributed by atoms with E-state index in [-0.39, 0.29) is 5.56 Å². The highest BCUT2D eigenvalue weighted by molar-refractivity contribution is 7.99. The molecule has 2 heterocycles. The minimum atomic E-state index is -0.0964. The number of aromatic amines is 1. The Morgan fingerprint density at radius 2 is 1.71 bits per heavy atom. The molecular weight excluding hydrogens is 318 g/mol. The molecule has 1 N–H and O–H groups in total. The van der Waals surface area contributed by atoms with Crippen LogP contribution in [0.4, 0.5) is 0 Å². The first-order valence-corrected chi connectivity index (χ1v) is 8.47. The van der Waals surface area contributed by atoms with Crippen LogP contribution in [0.25, 0.3) is 5.65 Å². The molecule has 0 saturated carbocycles. The van der Waals surface area contributed by atoms with Crippen molar-refractivity contribution in [2.24, 2.45) is 0 Å². The number of benzene rings is 2. The van der Waals surface area contributed by atoms with E-state index in [2.05, 4.69) is 46.5 Å². The number of nitrogens with zero attached hydrogens (tertiary/aromatic N) is 2. The molecule has 0 fully saturated rings. The summed E-state index contributed by atoms with van der Waals surface area (Å²) in [6.07, 6.45) is 2.27. The fourth-order valence-electron chi connectivity index (χ4n) is 2.58. The second-order valence-electron chi connectivity index (χ2n) is 5.49. The third kappa shape index (κ3) is 3.12. The molecule has 0 amide bonds. The van der Waals surface area contributed by atoms with Crippen molar-refractivity contribution in [1.29, 1.82) is 0 Å². The number of rotatable bonds is 4. The Kier molecular flexibility index (Phi) is 3.92. The van der Waals surface area contributed by atoms with Crippen molar-refractivity contribution in [3.63, 3.8) is 0 Å². The van der Waals surface area contributed by atoms with Crippen LogP contribution in [0.3, 0.4) is 0 Å². The Balaban J connectivity index is 1.52. The largest absolute Gasteiger partial charge is 0.293 e. The SMILES string of the molecule is O=c1ccnc2cc(Cc3ccc(Sc4ccccc4)cc3)[nH]n12. The lowest BCUT2D eigenvalue weighted by Crippen LogP contribution is -2.12. The van der Waals surface area contributed by atoms with Gasteiger partial charge in [0.05, 0.1) is 0 Å². The van der Waals surface area contributed by atoms with Gasteiger partial charge in [0.25, 0.3) is 5.56 Å². The molecule has 0 atom stereocenters. The molecule has 0 unspecified atom stereocenters. The highest BCUT2D eigenvalue weighted by Crippen LogP contribution is 2.27. The molecule has 0 radical (unpaired) electrons. The summed E-state index contributed by atoms with van der Waals surface area (Å²) in [6.45, 7) is 0. The molecular formula is C19H15N3OS. The van der Waals surface area contributed by atoms with Gasteiger partial charge in [0, 0.05) is 40.2 Å². The summed E-state index contributed by atoms with van der Waals surface area (Å²) in [5.41, 5.74) is 2.70. The third-order valence-electron chi connectivity index (χ3n) is 3.73. The van der Waals surface area contributed by atoms with Gasteiger partial charge in [-0.3, -0.25) is 9.89 Å². The van der Waals surface area contributed by atoms with Gasteiger partial charge in [-0.1, -0.05) is 42.1 Å². The predicted octanol–water partition coefficient (Wildman–Crippen LogP) is 3.76. The normalized spacial score (nSPS) is 11.0. The number of H-pyrrole nitrogens is 1. The number of aromatic nitrogens is 3. The van der Waals surface area contributed by atoms with E-state index in [0.29, 0.717) is 5.65 Å². The lowest BCUT2D eigenvalue weighted by atomic mass is 10.1. The number of nitrogens with one attached hydrogen (secondary N) is 1. The maximum Gasteiger partial charge on any atom is 0.272 e. The standard InChI is InChI=1S/C19H15N3OS/c23-19-10-11-20-18-13-15(21-22(18)19)12-14-6-8-17(9-7-14)24-16-4-2-1-3-5-16/h1-11,13,21H,12H2. The molecule has 24 heavy (non-hydrogen) atoms. The fourth-order valence-corrected chi connectivity index (χ4v) is 3.42. The molecule has 0 saturated heterocycles. The summed E-state index contributed by atoms with van der Waals surface area (Å²) in [6, 6.07) is 22.2. The van der Waals surface area contributed by atoms with E-state index in [9.17, 15) is 4.79 Å². The molecule has 118 valence electrons. The minimum absolute atomic E-state index is 0.0964. The van der Waals surface area contributed by atoms with Crippen LogP contribution in [0, 0.1) is 0 Å². The molecule has 2 aromatic carbocycles. The molecule has 0 bridgehead atoms. The van der Waals surface area contributed by atoms with Crippen molar-refractivity contribution >= 4 is 17.4 Å². The second kappa shape index (κ2) is 6.37. The topological polar surface area (TPSA) is 50.2 Å². The van der Waals surface area contributed by atoms with Crippen LogP contribution in [0.15, 0.2) is 87.5 Å². The maximum absolute atomic E-state index is 11.8. The minimum Gasteiger partial charge on any atom is -0.293 e. The molecule has 4 aromatic rings. The van der Waals surface area contributed by atoms with Crippen LogP contribution in [0.5, 0.6) is 0 Å². The zero-order valence-electron chi connectivity index (χ0n) is 12.8. The van der Waals surface area contributed by atoms with E-state index in [1.807, 2.05) is 24.3 Å². The van der Waals surface area contributed by atoms with Crippen LogP contribution in [-0.2, 0) is 6.42 Å². The molecule has 2 aromatic heterocycles. The number of hydrogen-bond donors (Lipinski definition) is 1. The average molecular weight is 333 g/mol. The summed E-state index contributed by atoms with van der Waals surface area (Å²) in [5.74, 6) is 0. The molecule has 0 spiro atoms. The summed E-state index contributed by atoms with van der Waals surface area (Å²) in [7, 11) is 0. The van der Waals surface area contributed by atoms with E-state index in [1.54, 1.807) is 11.8 Å². The second-order valence-corrected chi connectivity index (χ2v) is 6.64. The van der Waals surface area contributed by atoms with Gasteiger partial charge in [-0.2, -0.15) is 0 Å². The first-order chi connectivity index (χ1) is 11.8. The van der Waals surface area contributed by atoms with Gasteiger partial charge in [-0.15, -0.1) is 0 Å². The highest BCUT2D eigenvalue weighted by atomic mass is 32.2. The van der Waals surface area contributed by atoms with E-state index in [0.717, 1.165) is 12.1 Å². The zero-order chi connectivity index (χ0) is 16.4. The molecule has 0 aliphatic rings. The van der Waals surface area contributed by atoms with Crippen molar-refractivity contribution in [3.05, 3.63) is 94.5 Å². The van der Waals surface area contributed by atoms with Crippen molar-refractivity contribution in [2.75, 3.05) is 0 Å². The molecule has 4 nitrogen and oxygen atoms in total. The Morgan fingerprint density at radius 3 is 2.46 bits per heavy atom. The van der Waals surface area contributed by atoms with Crippen molar-refractivity contribution in [1.82, 2.24) is 14.6 Å². The van der Waals surface area contributed by atoms with Crippen LogP contribution in [-0.4, -0.2) is 14.6 Å². The first-order valence-electron chi connectivity index (χ1n) is 7.65. The van der Waals surface area contributed by atoms with Gasteiger partial charge in [0.2, 0.25) is 0 Å². The number of hydrogen-bond acceptors (Lipinski definition) is 3. The summed E-state index contributed by atoms with van der Waals surface area (Å²) in [5, 5.41) is 3.10. The summed E-state index contributed by atoms with van der Waals surface area (Å²) < 4.78 is 1.47. The smallest absolute Gasteiger partial charge is 0.272 e. The monoisotopic (exact) mass is 333 g/mol. The van der Waals surface area contributed by atoms with E-state index >= 15 is 0 Å². The van der Waals surface area contributed by atoms with Crippen LogP contribution in [0.2, 0.25) is 0 Å². The molecule has 4 rings (SSSR count). The lowest BCUT2D eigenvalue weighted by molar-refractivity contribution is 0.865. The van der Waals surface area contributed by atoms with Gasteiger partial charge in [0.1, 0.15) is 0 Å². The van der Waals surface area contributed by atoms with E-state index < -0.39 is 0 Å². The van der Waals surface area contributed by atoms with Crippen LogP contribution in [0.1, 0.15) is 11.3 Å². The summed E-state index contributed by atoms with van der Waals surface area (Å²) >= 11 is 1.75. The van der Waals surface area contributed by atoms with Gasteiger partial charge in [0.15, 0.2) is 5.65 Å². The molecule has 5 heteroatoms. The van der Waals surface area contributed by atoms with Gasteiger partial charge in [-0.25, -0.2) is 9.50 Å². The fraction of sp³-hybridized carbons (Fsp3) is 0.0526. The van der Waals surface area contributed by atoms with E-state index in [1.165, 1.54) is 32.1 Å². The van der Waals surface area contributed by atoms with Gasteiger partial charge < -0.3 is 0 Å². The molecule has 0 aliphatic carbocycles. The van der Waals surface area contributed by atoms with E-state index in [4.69, 9.17) is 0 Å². The van der Waals surface area contributed by atoms with Gasteiger partial charge >= 0.3 is 0 Å².